The summed E-state index contributed by atoms with van der Waals surface area (Å²) in [6.07, 6.45) is 2.86. The molecule has 1 aliphatic carbocycles. The second kappa shape index (κ2) is 5.59. The van der Waals surface area contributed by atoms with Crippen LogP contribution in [-0.4, -0.2) is 57.6 Å². The summed E-state index contributed by atoms with van der Waals surface area (Å²) in [6.45, 7) is 2.14. The van der Waals surface area contributed by atoms with Crippen molar-refractivity contribution in [2.75, 3.05) is 29.9 Å². The van der Waals surface area contributed by atoms with Crippen LogP contribution in [-0.2, 0) is 4.79 Å². The highest BCUT2D eigenvalue weighted by Crippen LogP contribution is 2.56. The molecule has 2 heterocycles. The number of hydrogen-bond donors (Lipinski definition) is 3. The molecule has 7 nitrogen and oxygen atoms in total. The highest BCUT2D eigenvalue weighted by molar-refractivity contribution is 5.81. The molecular formula is C15H21FN4O3. The van der Waals surface area contributed by atoms with Crippen LogP contribution in [0.5, 0.6) is 0 Å². The number of carboxylic acids is 1. The van der Waals surface area contributed by atoms with Gasteiger partial charge in [0.1, 0.15) is 18.0 Å². The quantitative estimate of drug-likeness (QED) is 0.744. The third-order valence-corrected chi connectivity index (χ3v) is 4.95. The Hall–Kier alpha value is -1.96. The Labute approximate surface area is 133 Å². The number of rotatable bonds is 5. The predicted molar refractivity (Wildman–Crippen MR) is 82.2 cm³/mol. The van der Waals surface area contributed by atoms with Crippen LogP contribution in [0, 0.1) is 5.41 Å². The zero-order valence-corrected chi connectivity index (χ0v) is 13.0. The van der Waals surface area contributed by atoms with Crippen molar-refractivity contribution in [3.05, 3.63) is 12.4 Å². The summed E-state index contributed by atoms with van der Waals surface area (Å²) >= 11 is 0. The number of carbonyl (C=O) groups is 1. The fourth-order valence-corrected chi connectivity index (χ4v) is 3.46. The fraction of sp³-hybridized carbons (Fsp3) is 0.667. The van der Waals surface area contributed by atoms with Gasteiger partial charge in [-0.2, -0.15) is 0 Å². The number of aromatic nitrogens is 2. The highest BCUT2D eigenvalue weighted by Gasteiger charge is 2.66. The monoisotopic (exact) mass is 324 g/mol. The topological polar surface area (TPSA) is 98.6 Å². The van der Waals surface area contributed by atoms with Crippen molar-refractivity contribution < 1.29 is 19.4 Å². The average molecular weight is 324 g/mol. The molecular weight excluding hydrogens is 303 g/mol. The number of nitrogens with zero attached hydrogens (tertiary/aromatic N) is 3. The zero-order chi connectivity index (χ0) is 16.7. The normalized spacial score (nSPS) is 26.8. The third-order valence-electron chi connectivity index (χ3n) is 4.95. The van der Waals surface area contributed by atoms with Crippen LogP contribution < -0.4 is 10.2 Å². The lowest BCUT2D eigenvalue weighted by atomic mass is 9.61. The Bertz CT molecular complexity index is 608. The van der Waals surface area contributed by atoms with Gasteiger partial charge >= 0.3 is 5.97 Å². The minimum atomic E-state index is -2.23. The van der Waals surface area contributed by atoms with E-state index in [1.54, 1.807) is 17.9 Å². The number of alkyl halides is 1. The van der Waals surface area contributed by atoms with E-state index >= 15 is 4.39 Å². The van der Waals surface area contributed by atoms with Gasteiger partial charge in [0.2, 0.25) is 5.67 Å². The van der Waals surface area contributed by atoms with Gasteiger partial charge in [-0.15, -0.1) is 0 Å². The van der Waals surface area contributed by atoms with E-state index in [0.717, 1.165) is 6.42 Å². The van der Waals surface area contributed by atoms with Crippen molar-refractivity contribution in [1.82, 2.24) is 9.97 Å². The van der Waals surface area contributed by atoms with E-state index < -0.39 is 23.2 Å². The SMILES string of the molecule is C[C@@H](O)CNc1cc(N2CC3(CCC3)[C@@](F)(C(=O)O)C2)ncn1. The van der Waals surface area contributed by atoms with Gasteiger partial charge < -0.3 is 20.4 Å². The molecule has 0 bridgehead atoms. The molecule has 2 atom stereocenters. The number of aliphatic carboxylic acids is 1. The maximum Gasteiger partial charge on any atom is 0.344 e. The van der Waals surface area contributed by atoms with Crippen LogP contribution in [0.3, 0.4) is 0 Å². The molecule has 0 amide bonds. The molecule has 23 heavy (non-hydrogen) atoms. The van der Waals surface area contributed by atoms with Crippen LogP contribution in [0.2, 0.25) is 0 Å². The molecule has 3 rings (SSSR count). The molecule has 1 aromatic rings. The van der Waals surface area contributed by atoms with E-state index in [9.17, 15) is 15.0 Å². The van der Waals surface area contributed by atoms with Crippen LogP contribution >= 0.6 is 0 Å². The summed E-state index contributed by atoms with van der Waals surface area (Å²) in [7, 11) is 0. The highest BCUT2D eigenvalue weighted by atomic mass is 19.1. The fourth-order valence-electron chi connectivity index (χ4n) is 3.46. The van der Waals surface area contributed by atoms with Gasteiger partial charge in [-0.25, -0.2) is 19.2 Å². The molecule has 1 spiro atoms. The second-order valence-electron chi connectivity index (χ2n) is 6.59. The lowest BCUT2D eigenvalue weighted by Gasteiger charge is -2.43. The van der Waals surface area contributed by atoms with Gasteiger partial charge in [0, 0.05) is 24.6 Å². The first-order chi connectivity index (χ1) is 10.9. The minimum absolute atomic E-state index is 0.199. The van der Waals surface area contributed by atoms with Crippen LogP contribution in [0.4, 0.5) is 16.0 Å². The Morgan fingerprint density at radius 3 is 2.74 bits per heavy atom. The first-order valence-corrected chi connectivity index (χ1v) is 7.78. The molecule has 8 heteroatoms. The van der Waals surface area contributed by atoms with Crippen molar-refractivity contribution in [3.63, 3.8) is 0 Å². The second-order valence-corrected chi connectivity index (χ2v) is 6.59. The molecule has 2 aliphatic rings. The molecule has 0 radical (unpaired) electrons. The summed E-state index contributed by atoms with van der Waals surface area (Å²) in [5, 5.41) is 21.6. The van der Waals surface area contributed by atoms with Gasteiger partial charge in [-0.05, 0) is 19.8 Å². The van der Waals surface area contributed by atoms with E-state index in [2.05, 4.69) is 15.3 Å². The van der Waals surface area contributed by atoms with Gasteiger partial charge in [-0.3, -0.25) is 0 Å². The van der Waals surface area contributed by atoms with Gasteiger partial charge in [0.05, 0.1) is 12.6 Å². The summed E-state index contributed by atoms with van der Waals surface area (Å²) < 4.78 is 15.1. The summed E-state index contributed by atoms with van der Waals surface area (Å²) in [6, 6.07) is 1.66. The molecule has 1 aromatic heterocycles. The number of aliphatic hydroxyl groups is 1. The zero-order valence-electron chi connectivity index (χ0n) is 13.0. The van der Waals surface area contributed by atoms with E-state index in [-0.39, 0.29) is 6.54 Å². The Morgan fingerprint density at radius 1 is 1.48 bits per heavy atom. The van der Waals surface area contributed by atoms with Gasteiger partial charge in [0.25, 0.3) is 0 Å². The Balaban J connectivity index is 1.80. The van der Waals surface area contributed by atoms with Gasteiger partial charge in [-0.1, -0.05) is 6.42 Å². The standard InChI is InChI=1S/C15H21FN4O3/c1-10(21)6-17-11-5-12(19-9-18-11)20-7-14(3-2-4-14)15(16,8-20)13(22)23/h5,9-10,21H,2-4,6-8H2,1H3,(H,22,23)(H,17,18,19)/t10-,15+/m1/s1. The molecule has 0 unspecified atom stereocenters. The van der Waals surface area contributed by atoms with Crippen molar-refractivity contribution in [2.45, 2.75) is 38.0 Å². The number of halogens is 1. The Morgan fingerprint density at radius 2 is 2.22 bits per heavy atom. The molecule has 1 saturated carbocycles. The first-order valence-electron chi connectivity index (χ1n) is 7.78. The van der Waals surface area contributed by atoms with E-state index in [4.69, 9.17) is 0 Å². The van der Waals surface area contributed by atoms with Crippen molar-refractivity contribution in [2.24, 2.45) is 5.41 Å². The molecule has 3 N–H and O–H groups in total. The third kappa shape index (κ3) is 2.60. The molecule has 126 valence electrons. The molecule has 2 fully saturated rings. The summed E-state index contributed by atoms with van der Waals surface area (Å²) in [5.41, 5.74) is -3.04. The smallest absolute Gasteiger partial charge is 0.344 e. The van der Waals surface area contributed by atoms with Crippen molar-refractivity contribution in [1.29, 1.82) is 0 Å². The minimum Gasteiger partial charge on any atom is -0.479 e. The molecule has 1 aliphatic heterocycles. The lowest BCUT2D eigenvalue weighted by Crippen LogP contribution is -2.53. The maximum absolute atomic E-state index is 15.1. The first kappa shape index (κ1) is 15.9. The predicted octanol–water partition coefficient (Wildman–Crippen LogP) is 1.05. The van der Waals surface area contributed by atoms with Crippen molar-refractivity contribution in [3.8, 4) is 0 Å². The number of aliphatic hydroxyl groups excluding tert-OH is 1. The van der Waals surface area contributed by atoms with Crippen LogP contribution in [0.1, 0.15) is 26.2 Å². The van der Waals surface area contributed by atoms with E-state index in [0.29, 0.717) is 37.6 Å². The van der Waals surface area contributed by atoms with E-state index in [1.807, 2.05) is 0 Å². The molecule has 1 saturated heterocycles. The number of anilines is 2. The van der Waals surface area contributed by atoms with Crippen LogP contribution in [0.25, 0.3) is 0 Å². The largest absolute Gasteiger partial charge is 0.479 e. The summed E-state index contributed by atoms with van der Waals surface area (Å²) in [5.74, 6) is -0.369. The lowest BCUT2D eigenvalue weighted by molar-refractivity contribution is -0.162. The summed E-state index contributed by atoms with van der Waals surface area (Å²) in [4.78, 5) is 21.4. The maximum atomic E-state index is 15.1. The number of carboxylic acid groups (broad SMARTS) is 1. The number of hydrogen-bond acceptors (Lipinski definition) is 6. The molecule has 0 aromatic carbocycles. The van der Waals surface area contributed by atoms with Crippen molar-refractivity contribution >= 4 is 17.6 Å². The average Bonchev–Trinajstić information content (AvgIpc) is 2.81. The van der Waals surface area contributed by atoms with Crippen LogP contribution in [0.15, 0.2) is 12.4 Å². The Kier molecular flexibility index (Phi) is 3.87. The number of nitrogens with one attached hydrogen (secondary N) is 1. The van der Waals surface area contributed by atoms with Gasteiger partial charge in [0.15, 0.2) is 0 Å². The van der Waals surface area contributed by atoms with E-state index in [1.165, 1.54) is 6.33 Å².